The van der Waals surface area contributed by atoms with Crippen molar-refractivity contribution >= 4 is 18.9 Å². The molecule has 96 valence electrons. The van der Waals surface area contributed by atoms with Gasteiger partial charge in [-0.3, -0.25) is 0 Å². The van der Waals surface area contributed by atoms with Crippen LogP contribution in [0.15, 0.2) is 0 Å². The first-order chi connectivity index (χ1) is 7.55. The molecular weight excluding hydrogens is 208 g/mol. The largest absolute Gasteiger partial charge is 0.392 e. The van der Waals surface area contributed by atoms with Crippen LogP contribution in [0.1, 0.15) is 47.0 Å². The number of hydrogen-bond donors (Lipinski definition) is 1. The minimum absolute atomic E-state index is 0.208. The van der Waals surface area contributed by atoms with Crippen molar-refractivity contribution in [3.63, 3.8) is 0 Å². The van der Waals surface area contributed by atoms with Crippen molar-refractivity contribution in [2.45, 2.75) is 53.1 Å². The van der Waals surface area contributed by atoms with Crippen molar-refractivity contribution in [3.8, 4) is 0 Å². The summed E-state index contributed by atoms with van der Waals surface area (Å²) in [4.78, 5) is 28.3. The number of aldehydes is 3. The minimum atomic E-state index is -0.451. The summed E-state index contributed by atoms with van der Waals surface area (Å²) >= 11 is 0. The van der Waals surface area contributed by atoms with Crippen LogP contribution in [-0.4, -0.2) is 30.1 Å². The molecule has 0 aromatic heterocycles. The van der Waals surface area contributed by atoms with Crippen LogP contribution in [0.25, 0.3) is 0 Å². The minimum Gasteiger partial charge on any atom is -0.392 e. The average molecular weight is 232 g/mol. The van der Waals surface area contributed by atoms with Crippen LogP contribution in [0, 0.1) is 5.92 Å². The van der Waals surface area contributed by atoms with Crippen molar-refractivity contribution in [3.05, 3.63) is 0 Å². The van der Waals surface area contributed by atoms with Crippen LogP contribution in [0.4, 0.5) is 0 Å². The topological polar surface area (TPSA) is 71.4 Å². The van der Waals surface area contributed by atoms with Gasteiger partial charge < -0.3 is 19.5 Å². The molecule has 0 bridgehead atoms. The van der Waals surface area contributed by atoms with Crippen LogP contribution in [-0.2, 0) is 14.4 Å². The lowest BCUT2D eigenvalue weighted by molar-refractivity contribution is -0.113. The third-order valence-electron chi connectivity index (χ3n) is 1.57. The van der Waals surface area contributed by atoms with Gasteiger partial charge in [-0.15, -0.1) is 0 Å². The fraction of sp³-hybridized carbons (Fsp3) is 0.750. The lowest BCUT2D eigenvalue weighted by Gasteiger charge is -2.08. The second-order valence-electron chi connectivity index (χ2n) is 3.12. The molecule has 0 fully saturated rings. The molecule has 0 saturated heterocycles. The Morgan fingerprint density at radius 3 is 1.38 bits per heavy atom. The molecule has 0 heterocycles. The van der Waals surface area contributed by atoms with Gasteiger partial charge in [-0.25, -0.2) is 0 Å². The van der Waals surface area contributed by atoms with Crippen LogP contribution in [0.5, 0.6) is 0 Å². The maximum atomic E-state index is 9.95. The van der Waals surface area contributed by atoms with Crippen LogP contribution >= 0.6 is 0 Å². The summed E-state index contributed by atoms with van der Waals surface area (Å²) < 4.78 is 0. The van der Waals surface area contributed by atoms with Gasteiger partial charge in [0.05, 0.1) is 6.10 Å². The lowest BCUT2D eigenvalue weighted by Crippen LogP contribution is -2.16. The van der Waals surface area contributed by atoms with Gasteiger partial charge in [-0.05, 0) is 6.42 Å². The van der Waals surface area contributed by atoms with Gasteiger partial charge in [0.1, 0.15) is 18.9 Å². The van der Waals surface area contributed by atoms with Gasteiger partial charge in [0.15, 0.2) is 0 Å². The van der Waals surface area contributed by atoms with E-state index in [0.29, 0.717) is 19.3 Å². The summed E-state index contributed by atoms with van der Waals surface area (Å²) in [7, 11) is 0. The zero-order valence-electron chi connectivity index (χ0n) is 10.7. The highest BCUT2D eigenvalue weighted by atomic mass is 16.3. The monoisotopic (exact) mass is 232 g/mol. The van der Waals surface area contributed by atoms with Gasteiger partial charge >= 0.3 is 0 Å². The molecule has 0 aliphatic heterocycles. The molecule has 0 aliphatic rings. The lowest BCUT2D eigenvalue weighted by atomic mass is 10.1. The zero-order chi connectivity index (χ0) is 13.4. The first-order valence-electron chi connectivity index (χ1n) is 5.56. The van der Waals surface area contributed by atoms with Crippen LogP contribution < -0.4 is 0 Å². The fourth-order valence-corrected chi connectivity index (χ4v) is 0.462. The molecular formula is C12H24O4. The number of carbonyl (C=O) groups is 3. The first kappa shape index (κ1) is 20.4. The average Bonchev–Trinajstić information content (AvgIpc) is 2.37. The van der Waals surface area contributed by atoms with Gasteiger partial charge in [-0.2, -0.15) is 0 Å². The molecule has 0 aromatic rings. The number of rotatable bonds is 5. The predicted octanol–water partition coefficient (Wildman–Crippen LogP) is 1.78. The fourth-order valence-electron chi connectivity index (χ4n) is 0.462. The third-order valence-corrected chi connectivity index (χ3v) is 1.57. The number of hydrogen-bond acceptors (Lipinski definition) is 4. The summed E-state index contributed by atoms with van der Waals surface area (Å²) in [6.07, 6.45) is 4.00. The number of aliphatic hydroxyl groups excluding tert-OH is 1. The molecule has 2 atom stereocenters. The van der Waals surface area contributed by atoms with E-state index in [1.54, 1.807) is 6.92 Å². The third kappa shape index (κ3) is 23.1. The van der Waals surface area contributed by atoms with Gasteiger partial charge in [0, 0.05) is 18.8 Å². The molecule has 4 nitrogen and oxygen atoms in total. The Kier molecular flexibility index (Phi) is 24.9. The second kappa shape index (κ2) is 19.5. The van der Waals surface area contributed by atoms with E-state index in [9.17, 15) is 14.4 Å². The van der Waals surface area contributed by atoms with Crippen molar-refractivity contribution in [2.24, 2.45) is 5.92 Å². The van der Waals surface area contributed by atoms with Gasteiger partial charge in [0.25, 0.3) is 0 Å². The molecule has 0 rings (SSSR count). The van der Waals surface area contributed by atoms with E-state index in [1.165, 1.54) is 0 Å². The Hall–Kier alpha value is -1.03. The smallest absolute Gasteiger partial charge is 0.125 e. The SMILES string of the molecule is CCC=O.CCC=O.CC[C@@H](O)[C@H](C)C=O. The van der Waals surface area contributed by atoms with E-state index in [0.717, 1.165) is 18.9 Å². The summed E-state index contributed by atoms with van der Waals surface area (Å²) in [5.74, 6) is -0.208. The Balaban J connectivity index is -0.000000179. The molecule has 0 spiro atoms. The van der Waals surface area contributed by atoms with E-state index >= 15 is 0 Å². The Morgan fingerprint density at radius 2 is 1.31 bits per heavy atom. The van der Waals surface area contributed by atoms with E-state index in [1.807, 2.05) is 20.8 Å². The molecule has 0 unspecified atom stereocenters. The van der Waals surface area contributed by atoms with Crippen molar-refractivity contribution in [1.82, 2.24) is 0 Å². The van der Waals surface area contributed by atoms with E-state index in [-0.39, 0.29) is 5.92 Å². The second-order valence-corrected chi connectivity index (χ2v) is 3.12. The quantitative estimate of drug-likeness (QED) is 0.733. The van der Waals surface area contributed by atoms with E-state index in [4.69, 9.17) is 5.11 Å². The van der Waals surface area contributed by atoms with E-state index < -0.39 is 6.10 Å². The standard InChI is InChI=1S/C6H12O2.2C3H6O/c1-3-6(8)5(2)4-7;2*1-2-3-4/h4-6,8H,3H2,1-2H3;2*3H,2H2,1H3/t5-,6-;;/m1../s1. The molecule has 0 radical (unpaired) electrons. The van der Waals surface area contributed by atoms with Crippen molar-refractivity contribution < 1.29 is 19.5 Å². The van der Waals surface area contributed by atoms with Crippen molar-refractivity contribution in [2.75, 3.05) is 0 Å². The summed E-state index contributed by atoms with van der Waals surface area (Å²) in [5, 5.41) is 8.90. The Morgan fingerprint density at radius 1 is 1.00 bits per heavy atom. The molecule has 16 heavy (non-hydrogen) atoms. The molecule has 0 aliphatic carbocycles. The molecule has 0 aromatic carbocycles. The van der Waals surface area contributed by atoms with Crippen molar-refractivity contribution in [1.29, 1.82) is 0 Å². The highest BCUT2D eigenvalue weighted by molar-refractivity contribution is 5.53. The highest BCUT2D eigenvalue weighted by Crippen LogP contribution is 2.01. The normalized spacial score (nSPS) is 11.8. The summed E-state index contributed by atoms with van der Waals surface area (Å²) in [5.41, 5.74) is 0. The summed E-state index contributed by atoms with van der Waals surface area (Å²) in [6, 6.07) is 0. The number of aliphatic hydroxyl groups is 1. The maximum Gasteiger partial charge on any atom is 0.125 e. The first-order valence-corrected chi connectivity index (χ1v) is 5.56. The Bertz CT molecular complexity index is 149. The molecule has 0 amide bonds. The van der Waals surface area contributed by atoms with Gasteiger partial charge in [0.2, 0.25) is 0 Å². The predicted molar refractivity (Wildman–Crippen MR) is 64.2 cm³/mol. The van der Waals surface area contributed by atoms with Crippen LogP contribution in [0.2, 0.25) is 0 Å². The highest BCUT2D eigenvalue weighted by Gasteiger charge is 2.08. The molecule has 1 N–H and O–H groups in total. The van der Waals surface area contributed by atoms with E-state index in [2.05, 4.69) is 0 Å². The Labute approximate surface area is 98.0 Å². The molecule has 4 heteroatoms. The molecule has 0 saturated carbocycles. The summed E-state index contributed by atoms with van der Waals surface area (Å²) in [6.45, 7) is 7.19. The van der Waals surface area contributed by atoms with Crippen LogP contribution in [0.3, 0.4) is 0 Å². The maximum absolute atomic E-state index is 9.95. The number of carbonyl (C=O) groups excluding carboxylic acids is 3. The van der Waals surface area contributed by atoms with Gasteiger partial charge in [-0.1, -0.05) is 27.7 Å². The zero-order valence-corrected chi connectivity index (χ0v) is 10.7.